The highest BCUT2D eigenvalue weighted by Gasteiger charge is 2.13. The van der Waals surface area contributed by atoms with Gasteiger partial charge in [0.05, 0.1) is 11.1 Å². The van der Waals surface area contributed by atoms with Gasteiger partial charge in [-0.3, -0.25) is 0 Å². The van der Waals surface area contributed by atoms with Crippen molar-refractivity contribution in [1.29, 1.82) is 0 Å². The van der Waals surface area contributed by atoms with E-state index < -0.39 is 11.9 Å². The molecule has 0 saturated heterocycles. The van der Waals surface area contributed by atoms with Gasteiger partial charge in [0.15, 0.2) is 0 Å². The van der Waals surface area contributed by atoms with Crippen LogP contribution in [-0.4, -0.2) is 11.2 Å². The molecule has 0 saturated carbocycles. The molecule has 14 heavy (non-hydrogen) atoms. The average Bonchev–Trinajstić information content (AvgIpc) is 2.09. The lowest BCUT2D eigenvalue weighted by Crippen LogP contribution is -2.08. The fourth-order valence-electron chi connectivity index (χ4n) is 1.45. The standard InChI is InChI=1S/C11H14ClFO/c1-6-4-10(13)11(12)9(8(6)3)5-7(2)14/h4,7,14H,5H2,1-3H3. The normalized spacial score (nSPS) is 13.0. The molecule has 0 fully saturated rings. The van der Waals surface area contributed by atoms with E-state index in [2.05, 4.69) is 0 Å². The third-order valence-corrected chi connectivity index (χ3v) is 2.77. The van der Waals surface area contributed by atoms with E-state index in [-0.39, 0.29) is 5.02 Å². The summed E-state index contributed by atoms with van der Waals surface area (Å²) < 4.78 is 13.3. The third kappa shape index (κ3) is 2.25. The van der Waals surface area contributed by atoms with Gasteiger partial charge in [-0.1, -0.05) is 11.6 Å². The van der Waals surface area contributed by atoms with Crippen molar-refractivity contribution in [2.24, 2.45) is 0 Å². The second kappa shape index (κ2) is 4.28. The lowest BCUT2D eigenvalue weighted by Gasteiger charge is -2.13. The molecule has 0 heterocycles. The summed E-state index contributed by atoms with van der Waals surface area (Å²) in [4.78, 5) is 0. The van der Waals surface area contributed by atoms with Crippen molar-refractivity contribution in [3.63, 3.8) is 0 Å². The quantitative estimate of drug-likeness (QED) is 0.806. The topological polar surface area (TPSA) is 20.2 Å². The van der Waals surface area contributed by atoms with E-state index in [4.69, 9.17) is 11.6 Å². The Labute approximate surface area is 88.5 Å². The highest BCUT2D eigenvalue weighted by Crippen LogP contribution is 2.27. The van der Waals surface area contributed by atoms with Crippen LogP contribution < -0.4 is 0 Å². The Morgan fingerprint density at radius 2 is 2.07 bits per heavy atom. The van der Waals surface area contributed by atoms with Crippen LogP contribution in [0.3, 0.4) is 0 Å². The smallest absolute Gasteiger partial charge is 0.142 e. The summed E-state index contributed by atoms with van der Waals surface area (Å²) in [6.07, 6.45) is -0.115. The van der Waals surface area contributed by atoms with Crippen molar-refractivity contribution in [1.82, 2.24) is 0 Å². The zero-order valence-corrected chi connectivity index (χ0v) is 9.32. The summed E-state index contributed by atoms with van der Waals surface area (Å²) in [5.74, 6) is -0.412. The molecule has 78 valence electrons. The van der Waals surface area contributed by atoms with Crippen LogP contribution in [0.25, 0.3) is 0 Å². The lowest BCUT2D eigenvalue weighted by molar-refractivity contribution is 0.195. The van der Waals surface area contributed by atoms with E-state index in [1.165, 1.54) is 6.07 Å². The molecule has 0 amide bonds. The molecule has 1 aromatic rings. The zero-order chi connectivity index (χ0) is 10.9. The number of benzene rings is 1. The maximum Gasteiger partial charge on any atom is 0.142 e. The van der Waals surface area contributed by atoms with Gasteiger partial charge in [-0.15, -0.1) is 0 Å². The first kappa shape index (κ1) is 11.5. The van der Waals surface area contributed by atoms with E-state index in [0.717, 1.165) is 11.1 Å². The van der Waals surface area contributed by atoms with Gasteiger partial charge < -0.3 is 5.11 Å². The Balaban J connectivity index is 3.25. The molecule has 0 aliphatic carbocycles. The molecule has 1 N–H and O–H groups in total. The Bertz CT molecular complexity index is 321. The Morgan fingerprint density at radius 3 is 2.57 bits per heavy atom. The van der Waals surface area contributed by atoms with Gasteiger partial charge in [0.1, 0.15) is 5.82 Å². The van der Waals surface area contributed by atoms with Crippen molar-refractivity contribution in [3.05, 3.63) is 33.6 Å². The second-order valence-corrected chi connectivity index (χ2v) is 4.02. The van der Waals surface area contributed by atoms with Gasteiger partial charge in [-0.05, 0) is 49.9 Å². The molecule has 1 rings (SSSR count). The number of rotatable bonds is 2. The van der Waals surface area contributed by atoms with Crippen molar-refractivity contribution < 1.29 is 9.50 Å². The molecule has 1 unspecified atom stereocenters. The van der Waals surface area contributed by atoms with Crippen LogP contribution in [-0.2, 0) is 6.42 Å². The minimum atomic E-state index is -0.507. The molecular formula is C11H14ClFO. The van der Waals surface area contributed by atoms with Gasteiger partial charge in [0.2, 0.25) is 0 Å². The number of hydrogen-bond acceptors (Lipinski definition) is 1. The number of aryl methyl sites for hydroxylation is 1. The van der Waals surface area contributed by atoms with Gasteiger partial charge in [-0.25, -0.2) is 4.39 Å². The fraction of sp³-hybridized carbons (Fsp3) is 0.455. The van der Waals surface area contributed by atoms with Crippen molar-refractivity contribution >= 4 is 11.6 Å². The number of halogens is 2. The van der Waals surface area contributed by atoms with E-state index >= 15 is 0 Å². The van der Waals surface area contributed by atoms with Gasteiger partial charge >= 0.3 is 0 Å². The summed E-state index contributed by atoms with van der Waals surface area (Å²) in [5.41, 5.74) is 2.53. The lowest BCUT2D eigenvalue weighted by atomic mass is 9.98. The average molecular weight is 217 g/mol. The number of aliphatic hydroxyl groups excluding tert-OH is 1. The Kier molecular flexibility index (Phi) is 3.51. The molecule has 1 nitrogen and oxygen atoms in total. The summed E-state index contributed by atoms with van der Waals surface area (Å²) in [6.45, 7) is 5.38. The summed E-state index contributed by atoms with van der Waals surface area (Å²) in [7, 11) is 0. The molecular weight excluding hydrogens is 203 g/mol. The molecule has 0 radical (unpaired) electrons. The summed E-state index contributed by atoms with van der Waals surface area (Å²) in [6, 6.07) is 1.42. The largest absolute Gasteiger partial charge is 0.393 e. The van der Waals surface area contributed by atoms with Crippen LogP contribution in [0, 0.1) is 19.7 Å². The predicted octanol–water partition coefficient (Wildman–Crippen LogP) is 3.02. The second-order valence-electron chi connectivity index (χ2n) is 3.65. The maximum absolute atomic E-state index is 13.3. The van der Waals surface area contributed by atoms with Gasteiger partial charge in [0.25, 0.3) is 0 Å². The Hall–Kier alpha value is -0.600. The molecule has 3 heteroatoms. The van der Waals surface area contributed by atoms with Crippen LogP contribution in [0.5, 0.6) is 0 Å². The molecule has 0 bridgehead atoms. The monoisotopic (exact) mass is 216 g/mol. The molecule has 0 aliphatic rings. The molecule has 0 aliphatic heterocycles. The first-order valence-electron chi connectivity index (χ1n) is 4.55. The molecule has 0 aromatic heterocycles. The molecule has 1 aromatic carbocycles. The van der Waals surface area contributed by atoms with Crippen molar-refractivity contribution in [2.45, 2.75) is 33.3 Å². The first-order valence-corrected chi connectivity index (χ1v) is 4.93. The van der Waals surface area contributed by atoms with Crippen LogP contribution in [0.15, 0.2) is 6.07 Å². The van der Waals surface area contributed by atoms with Crippen LogP contribution in [0.1, 0.15) is 23.6 Å². The van der Waals surface area contributed by atoms with Crippen molar-refractivity contribution in [3.8, 4) is 0 Å². The third-order valence-electron chi connectivity index (χ3n) is 2.36. The van der Waals surface area contributed by atoms with Crippen LogP contribution in [0.2, 0.25) is 5.02 Å². The van der Waals surface area contributed by atoms with E-state index in [1.54, 1.807) is 6.92 Å². The predicted molar refractivity (Wildman–Crippen MR) is 56.3 cm³/mol. The van der Waals surface area contributed by atoms with Gasteiger partial charge in [-0.2, -0.15) is 0 Å². The van der Waals surface area contributed by atoms with Crippen LogP contribution in [0.4, 0.5) is 4.39 Å². The Morgan fingerprint density at radius 1 is 1.50 bits per heavy atom. The van der Waals surface area contributed by atoms with Crippen molar-refractivity contribution in [2.75, 3.05) is 0 Å². The maximum atomic E-state index is 13.3. The molecule has 1 atom stereocenters. The first-order chi connectivity index (χ1) is 6.43. The number of aliphatic hydroxyl groups is 1. The van der Waals surface area contributed by atoms with Gasteiger partial charge in [0, 0.05) is 0 Å². The van der Waals surface area contributed by atoms with Crippen LogP contribution >= 0.6 is 11.6 Å². The molecule has 0 spiro atoms. The van der Waals surface area contributed by atoms with E-state index in [9.17, 15) is 9.50 Å². The highest BCUT2D eigenvalue weighted by atomic mass is 35.5. The number of hydrogen-bond donors (Lipinski definition) is 1. The van der Waals surface area contributed by atoms with E-state index in [0.29, 0.717) is 12.0 Å². The fourth-order valence-corrected chi connectivity index (χ4v) is 1.72. The summed E-state index contributed by atoms with van der Waals surface area (Å²) in [5, 5.41) is 9.39. The minimum absolute atomic E-state index is 0.133. The van der Waals surface area contributed by atoms with E-state index in [1.807, 2.05) is 13.8 Å². The highest BCUT2D eigenvalue weighted by molar-refractivity contribution is 6.31. The summed E-state index contributed by atoms with van der Waals surface area (Å²) >= 11 is 5.83. The SMILES string of the molecule is Cc1cc(F)c(Cl)c(CC(C)O)c1C. The minimum Gasteiger partial charge on any atom is -0.393 e. The zero-order valence-electron chi connectivity index (χ0n) is 8.56.